The fraction of sp³-hybridized carbons (Fsp3) is 0.100. The predicted octanol–water partition coefficient (Wildman–Crippen LogP) is 5.29. The Hall–Kier alpha value is -2.76. The molecular weight excluding hydrogens is 385 g/mol. The normalized spacial score (nSPS) is 10.3. The van der Waals surface area contributed by atoms with Crippen molar-refractivity contribution in [2.75, 3.05) is 6.61 Å². The van der Waals surface area contributed by atoms with Crippen molar-refractivity contribution in [3.63, 3.8) is 0 Å². The van der Waals surface area contributed by atoms with E-state index in [1.54, 1.807) is 12.1 Å². The van der Waals surface area contributed by atoms with Gasteiger partial charge in [-0.2, -0.15) is 5.10 Å². The first-order chi connectivity index (χ1) is 12.2. The van der Waals surface area contributed by atoms with Crippen molar-refractivity contribution < 1.29 is 9.84 Å². The molecule has 5 nitrogen and oxygen atoms in total. The van der Waals surface area contributed by atoms with Crippen molar-refractivity contribution in [3.8, 4) is 17.0 Å². The SMILES string of the molecule is CCOC(=N)c1ccc2[nH]nc(-c3ccc4cc(O)ccc4c3)c2c1.Cl.Cl. The molecule has 0 aliphatic carbocycles. The number of phenols is 1. The molecule has 4 aromatic rings. The van der Waals surface area contributed by atoms with Gasteiger partial charge in [0.05, 0.1) is 17.8 Å². The van der Waals surface area contributed by atoms with Crippen molar-refractivity contribution in [2.45, 2.75) is 6.92 Å². The van der Waals surface area contributed by atoms with E-state index in [0.717, 1.165) is 38.5 Å². The summed E-state index contributed by atoms with van der Waals surface area (Å²) in [5.74, 6) is 0.412. The number of hydrogen-bond acceptors (Lipinski definition) is 4. The number of aromatic hydroxyl groups is 1. The third kappa shape index (κ3) is 3.84. The molecule has 1 aromatic heterocycles. The van der Waals surface area contributed by atoms with Crippen LogP contribution in [0.5, 0.6) is 5.75 Å². The number of fused-ring (bicyclic) bond motifs is 2. The number of benzene rings is 3. The standard InChI is InChI=1S/C20H17N3O2.2ClH/c1-2-25-20(21)15-6-8-18-17(11-15)19(23-22-18)14-4-3-13-10-16(24)7-5-12(13)9-14;;/h3-11,21,24H,2H2,1H3,(H,22,23);2*1H. The maximum absolute atomic E-state index is 9.60. The van der Waals surface area contributed by atoms with Gasteiger partial charge in [-0.25, -0.2) is 0 Å². The average molecular weight is 404 g/mol. The van der Waals surface area contributed by atoms with Gasteiger partial charge in [-0.3, -0.25) is 10.5 Å². The van der Waals surface area contributed by atoms with Crippen LogP contribution < -0.4 is 0 Å². The third-order valence-corrected chi connectivity index (χ3v) is 4.21. The van der Waals surface area contributed by atoms with Crippen LogP contribution in [0.15, 0.2) is 54.6 Å². The molecule has 0 fully saturated rings. The second-order valence-corrected chi connectivity index (χ2v) is 5.84. The first-order valence-corrected chi connectivity index (χ1v) is 8.08. The minimum atomic E-state index is 0. The van der Waals surface area contributed by atoms with Gasteiger partial charge in [0.1, 0.15) is 5.75 Å². The number of aromatic nitrogens is 2. The lowest BCUT2D eigenvalue weighted by Gasteiger charge is -2.06. The molecule has 7 heteroatoms. The largest absolute Gasteiger partial charge is 0.508 e. The van der Waals surface area contributed by atoms with Crippen LogP contribution in [-0.4, -0.2) is 27.8 Å². The first kappa shape index (κ1) is 20.6. The van der Waals surface area contributed by atoms with E-state index in [4.69, 9.17) is 10.1 Å². The van der Waals surface area contributed by atoms with Gasteiger partial charge >= 0.3 is 0 Å². The molecule has 3 N–H and O–H groups in total. The van der Waals surface area contributed by atoms with Crippen LogP contribution in [0.1, 0.15) is 12.5 Å². The molecule has 0 radical (unpaired) electrons. The summed E-state index contributed by atoms with van der Waals surface area (Å²) >= 11 is 0. The molecule has 3 aromatic carbocycles. The highest BCUT2D eigenvalue weighted by Gasteiger charge is 2.11. The minimum Gasteiger partial charge on any atom is -0.508 e. The second-order valence-electron chi connectivity index (χ2n) is 5.84. The highest BCUT2D eigenvalue weighted by Crippen LogP contribution is 2.30. The maximum Gasteiger partial charge on any atom is 0.213 e. The lowest BCUT2D eigenvalue weighted by atomic mass is 10.0. The van der Waals surface area contributed by atoms with Crippen LogP contribution in [0.3, 0.4) is 0 Å². The number of nitrogens with zero attached hydrogens (tertiary/aromatic N) is 1. The minimum absolute atomic E-state index is 0. The smallest absolute Gasteiger partial charge is 0.213 e. The molecule has 0 amide bonds. The van der Waals surface area contributed by atoms with Crippen LogP contribution in [0.4, 0.5) is 0 Å². The highest BCUT2D eigenvalue weighted by atomic mass is 35.5. The predicted molar refractivity (Wildman–Crippen MR) is 114 cm³/mol. The lowest BCUT2D eigenvalue weighted by molar-refractivity contribution is 0.325. The number of phenolic OH excluding ortho intramolecular Hbond substituents is 1. The zero-order chi connectivity index (χ0) is 17.4. The zero-order valence-electron chi connectivity index (χ0n) is 14.5. The van der Waals surface area contributed by atoms with Gasteiger partial charge in [0.25, 0.3) is 0 Å². The molecule has 27 heavy (non-hydrogen) atoms. The van der Waals surface area contributed by atoms with Gasteiger partial charge in [-0.1, -0.05) is 18.2 Å². The summed E-state index contributed by atoms with van der Waals surface area (Å²) in [6.45, 7) is 2.33. The Morgan fingerprint density at radius 3 is 2.56 bits per heavy atom. The fourth-order valence-electron chi connectivity index (χ4n) is 2.98. The van der Waals surface area contributed by atoms with Crippen molar-refractivity contribution in [1.82, 2.24) is 10.2 Å². The van der Waals surface area contributed by atoms with Gasteiger partial charge in [0.2, 0.25) is 5.90 Å². The average Bonchev–Trinajstić information content (AvgIpc) is 3.04. The summed E-state index contributed by atoms with van der Waals surface area (Å²) < 4.78 is 5.30. The van der Waals surface area contributed by atoms with Gasteiger partial charge in [-0.15, -0.1) is 24.8 Å². The monoisotopic (exact) mass is 403 g/mol. The summed E-state index contributed by atoms with van der Waals surface area (Å²) in [5.41, 5.74) is 3.44. The number of H-pyrrole nitrogens is 1. The van der Waals surface area contributed by atoms with Crippen LogP contribution >= 0.6 is 24.8 Å². The Balaban J connectivity index is 0.00000131. The van der Waals surface area contributed by atoms with E-state index < -0.39 is 0 Å². The van der Waals surface area contributed by atoms with Crippen LogP contribution in [0, 0.1) is 5.41 Å². The van der Waals surface area contributed by atoms with E-state index in [2.05, 4.69) is 10.2 Å². The Labute approximate surface area is 168 Å². The van der Waals surface area contributed by atoms with Gasteiger partial charge in [-0.05, 0) is 54.1 Å². The van der Waals surface area contributed by atoms with E-state index in [-0.39, 0.29) is 36.5 Å². The Kier molecular flexibility index (Phi) is 6.31. The molecule has 0 saturated carbocycles. The molecule has 1 heterocycles. The highest BCUT2D eigenvalue weighted by molar-refractivity contribution is 6.01. The molecular formula is C20H19Cl2N3O2. The van der Waals surface area contributed by atoms with Crippen molar-refractivity contribution in [3.05, 3.63) is 60.2 Å². The van der Waals surface area contributed by atoms with Crippen LogP contribution in [-0.2, 0) is 4.74 Å². The van der Waals surface area contributed by atoms with Gasteiger partial charge in [0, 0.05) is 16.5 Å². The third-order valence-electron chi connectivity index (χ3n) is 4.21. The fourth-order valence-corrected chi connectivity index (χ4v) is 2.98. The Morgan fingerprint density at radius 1 is 1.04 bits per heavy atom. The number of hydrogen-bond donors (Lipinski definition) is 3. The maximum atomic E-state index is 9.60. The summed E-state index contributed by atoms with van der Waals surface area (Å²) in [6.07, 6.45) is 0. The van der Waals surface area contributed by atoms with Crippen molar-refractivity contribution >= 4 is 52.4 Å². The van der Waals surface area contributed by atoms with Gasteiger partial charge < -0.3 is 9.84 Å². The molecule has 0 spiro atoms. The van der Waals surface area contributed by atoms with Crippen molar-refractivity contribution in [1.29, 1.82) is 5.41 Å². The molecule has 0 aliphatic rings. The van der Waals surface area contributed by atoms with E-state index in [9.17, 15) is 5.11 Å². The number of rotatable bonds is 3. The molecule has 140 valence electrons. The van der Waals surface area contributed by atoms with Crippen LogP contribution in [0.25, 0.3) is 32.9 Å². The second kappa shape index (κ2) is 8.29. The summed E-state index contributed by atoms with van der Waals surface area (Å²) in [5, 5.41) is 28.0. The molecule has 0 unspecified atom stereocenters. The Bertz CT molecular complexity index is 1110. The number of ether oxygens (including phenoxy) is 1. The number of halogens is 2. The first-order valence-electron chi connectivity index (χ1n) is 8.08. The van der Waals surface area contributed by atoms with Gasteiger partial charge in [0.15, 0.2) is 0 Å². The van der Waals surface area contributed by atoms with E-state index >= 15 is 0 Å². The quantitative estimate of drug-likeness (QED) is 0.320. The topological polar surface area (TPSA) is 82.0 Å². The van der Waals surface area contributed by atoms with E-state index in [1.165, 1.54) is 0 Å². The number of aromatic amines is 1. The molecule has 0 saturated heterocycles. The van der Waals surface area contributed by atoms with E-state index in [0.29, 0.717) is 6.61 Å². The number of nitrogens with one attached hydrogen (secondary N) is 2. The summed E-state index contributed by atoms with van der Waals surface area (Å²) in [6, 6.07) is 17.0. The summed E-state index contributed by atoms with van der Waals surface area (Å²) in [7, 11) is 0. The molecule has 4 rings (SSSR count). The zero-order valence-corrected chi connectivity index (χ0v) is 16.2. The molecule has 0 aliphatic heterocycles. The Morgan fingerprint density at radius 2 is 1.78 bits per heavy atom. The van der Waals surface area contributed by atoms with Crippen LogP contribution in [0.2, 0.25) is 0 Å². The lowest BCUT2D eigenvalue weighted by Crippen LogP contribution is -2.04. The molecule has 0 bridgehead atoms. The molecule has 0 atom stereocenters. The van der Waals surface area contributed by atoms with Crippen molar-refractivity contribution in [2.24, 2.45) is 0 Å². The summed E-state index contributed by atoms with van der Waals surface area (Å²) in [4.78, 5) is 0. The van der Waals surface area contributed by atoms with E-state index in [1.807, 2.05) is 49.4 Å².